The van der Waals surface area contributed by atoms with Crippen molar-refractivity contribution in [2.45, 2.75) is 17.9 Å². The van der Waals surface area contributed by atoms with Crippen molar-refractivity contribution >= 4 is 11.8 Å². The van der Waals surface area contributed by atoms with Gasteiger partial charge < -0.3 is 4.74 Å². The number of hydrazine groups is 1. The maximum atomic E-state index is 13.5. The molecule has 2 aromatic carbocycles. The molecule has 0 saturated heterocycles. The van der Waals surface area contributed by atoms with Crippen LogP contribution in [0.1, 0.15) is 24.1 Å². The van der Waals surface area contributed by atoms with Gasteiger partial charge in [-0.2, -0.15) is 0 Å². The van der Waals surface area contributed by atoms with Crippen LogP contribution in [0.3, 0.4) is 0 Å². The molecule has 0 heterocycles. The Morgan fingerprint density at radius 1 is 1.24 bits per heavy atom. The molecule has 0 spiro atoms. The summed E-state index contributed by atoms with van der Waals surface area (Å²) in [5, 5.41) is 0. The molecule has 3 N–H and O–H groups in total. The summed E-state index contributed by atoms with van der Waals surface area (Å²) >= 11 is 1.77. The first-order valence-corrected chi connectivity index (χ1v) is 7.70. The monoisotopic (exact) mass is 306 g/mol. The third kappa shape index (κ3) is 3.75. The van der Waals surface area contributed by atoms with Crippen LogP contribution in [0.5, 0.6) is 5.75 Å². The molecule has 0 aromatic heterocycles. The molecule has 0 saturated carbocycles. The molecule has 2 aromatic rings. The second kappa shape index (κ2) is 7.45. The fraction of sp³-hybridized carbons (Fsp3) is 0.250. The van der Waals surface area contributed by atoms with Crippen LogP contribution in [0, 0.1) is 5.82 Å². The Hall–Kier alpha value is -1.56. The van der Waals surface area contributed by atoms with Gasteiger partial charge in [0.15, 0.2) is 0 Å². The van der Waals surface area contributed by atoms with Crippen LogP contribution < -0.4 is 16.0 Å². The SMILES string of the molecule is CCSc1ccc(C(NN)c2cc(F)ccc2OC)cc1. The lowest BCUT2D eigenvalue weighted by Gasteiger charge is -2.20. The second-order valence-electron chi connectivity index (χ2n) is 4.49. The van der Waals surface area contributed by atoms with Gasteiger partial charge in [0.25, 0.3) is 0 Å². The third-order valence-corrected chi connectivity index (χ3v) is 4.09. The average Bonchev–Trinajstić information content (AvgIpc) is 2.50. The molecule has 0 aliphatic rings. The number of benzene rings is 2. The standard InChI is InChI=1S/C16H19FN2OS/c1-3-21-13-7-4-11(5-8-13)16(19-18)14-10-12(17)6-9-15(14)20-2/h4-10,16,19H,3,18H2,1-2H3. The molecule has 112 valence electrons. The summed E-state index contributed by atoms with van der Waals surface area (Å²) < 4.78 is 18.8. The van der Waals surface area contributed by atoms with Gasteiger partial charge in [0.2, 0.25) is 0 Å². The summed E-state index contributed by atoms with van der Waals surface area (Å²) in [6, 6.07) is 12.2. The van der Waals surface area contributed by atoms with Crippen molar-refractivity contribution in [3.63, 3.8) is 0 Å². The number of thioether (sulfide) groups is 1. The average molecular weight is 306 g/mol. The smallest absolute Gasteiger partial charge is 0.124 e. The second-order valence-corrected chi connectivity index (χ2v) is 5.83. The molecule has 21 heavy (non-hydrogen) atoms. The largest absolute Gasteiger partial charge is 0.496 e. The van der Waals surface area contributed by atoms with Gasteiger partial charge in [0.1, 0.15) is 11.6 Å². The van der Waals surface area contributed by atoms with Gasteiger partial charge in [-0.3, -0.25) is 5.84 Å². The first-order valence-electron chi connectivity index (χ1n) is 6.72. The van der Waals surface area contributed by atoms with E-state index in [0.717, 1.165) is 11.3 Å². The lowest BCUT2D eigenvalue weighted by molar-refractivity contribution is 0.402. The lowest BCUT2D eigenvalue weighted by Crippen LogP contribution is -2.29. The van der Waals surface area contributed by atoms with E-state index in [2.05, 4.69) is 12.3 Å². The number of ether oxygens (including phenoxy) is 1. The summed E-state index contributed by atoms with van der Waals surface area (Å²) in [6.07, 6.45) is 0. The van der Waals surface area contributed by atoms with Gasteiger partial charge >= 0.3 is 0 Å². The zero-order valence-corrected chi connectivity index (χ0v) is 12.9. The van der Waals surface area contributed by atoms with Gasteiger partial charge in [0.05, 0.1) is 13.2 Å². The highest BCUT2D eigenvalue weighted by Crippen LogP contribution is 2.31. The molecular weight excluding hydrogens is 287 g/mol. The van der Waals surface area contributed by atoms with Gasteiger partial charge in [-0.1, -0.05) is 19.1 Å². The normalized spacial score (nSPS) is 12.2. The van der Waals surface area contributed by atoms with E-state index in [1.165, 1.54) is 17.0 Å². The summed E-state index contributed by atoms with van der Waals surface area (Å²) in [5.74, 6) is 6.99. The maximum Gasteiger partial charge on any atom is 0.124 e. The van der Waals surface area contributed by atoms with Crippen LogP contribution in [0.25, 0.3) is 0 Å². The molecule has 0 amide bonds. The Morgan fingerprint density at radius 2 is 1.95 bits per heavy atom. The van der Waals surface area contributed by atoms with Crippen LogP contribution in [-0.4, -0.2) is 12.9 Å². The minimum Gasteiger partial charge on any atom is -0.496 e. The van der Waals surface area contributed by atoms with Crippen molar-refractivity contribution in [3.05, 3.63) is 59.4 Å². The highest BCUT2D eigenvalue weighted by Gasteiger charge is 2.17. The van der Waals surface area contributed by atoms with E-state index >= 15 is 0 Å². The zero-order valence-electron chi connectivity index (χ0n) is 12.1. The van der Waals surface area contributed by atoms with Crippen LogP contribution in [0.2, 0.25) is 0 Å². The summed E-state index contributed by atoms with van der Waals surface area (Å²) in [4.78, 5) is 1.20. The molecule has 0 aliphatic carbocycles. The molecule has 0 aliphatic heterocycles. The molecule has 0 radical (unpaired) electrons. The first kappa shape index (κ1) is 15.8. The molecule has 5 heteroatoms. The van der Waals surface area contributed by atoms with Crippen LogP contribution >= 0.6 is 11.8 Å². The Bertz CT molecular complexity index is 589. The predicted octanol–water partition coefficient (Wildman–Crippen LogP) is 3.50. The first-order chi connectivity index (χ1) is 10.2. The predicted molar refractivity (Wildman–Crippen MR) is 85.0 cm³/mol. The van der Waals surface area contributed by atoms with Gasteiger partial charge in [-0.15, -0.1) is 11.8 Å². The highest BCUT2D eigenvalue weighted by atomic mass is 32.2. The van der Waals surface area contributed by atoms with Crippen molar-refractivity contribution < 1.29 is 9.13 Å². The number of rotatable bonds is 6. The zero-order chi connectivity index (χ0) is 15.2. The Labute approximate surface area is 128 Å². The molecular formula is C16H19FN2OS. The lowest BCUT2D eigenvalue weighted by atomic mass is 9.98. The van der Waals surface area contributed by atoms with Crippen LogP contribution in [0.15, 0.2) is 47.4 Å². The summed E-state index contributed by atoms with van der Waals surface area (Å²) in [6.45, 7) is 2.11. The molecule has 0 fully saturated rings. The minimum atomic E-state index is -0.323. The Balaban J connectivity index is 2.37. The fourth-order valence-electron chi connectivity index (χ4n) is 2.22. The van der Waals surface area contributed by atoms with Crippen molar-refractivity contribution in [3.8, 4) is 5.75 Å². The number of hydrogen-bond donors (Lipinski definition) is 2. The van der Waals surface area contributed by atoms with Crippen LogP contribution in [-0.2, 0) is 0 Å². The van der Waals surface area contributed by atoms with E-state index in [1.807, 2.05) is 24.3 Å². The number of nitrogens with two attached hydrogens (primary N) is 1. The van der Waals surface area contributed by atoms with E-state index in [4.69, 9.17) is 10.6 Å². The number of hydrogen-bond acceptors (Lipinski definition) is 4. The van der Waals surface area contributed by atoms with Crippen molar-refractivity contribution in [1.29, 1.82) is 0 Å². The molecule has 1 atom stereocenters. The van der Waals surface area contributed by atoms with E-state index in [0.29, 0.717) is 11.3 Å². The topological polar surface area (TPSA) is 47.3 Å². The molecule has 1 unspecified atom stereocenters. The van der Waals surface area contributed by atoms with Gasteiger partial charge in [-0.25, -0.2) is 9.82 Å². The van der Waals surface area contributed by atoms with Crippen molar-refractivity contribution in [1.82, 2.24) is 5.43 Å². The van der Waals surface area contributed by atoms with Gasteiger partial charge in [0, 0.05) is 10.5 Å². The maximum absolute atomic E-state index is 13.5. The number of halogens is 1. The molecule has 2 rings (SSSR count). The minimum absolute atomic E-state index is 0.316. The van der Waals surface area contributed by atoms with E-state index in [9.17, 15) is 4.39 Å². The number of methoxy groups -OCH3 is 1. The quantitative estimate of drug-likeness (QED) is 0.487. The van der Waals surface area contributed by atoms with Crippen molar-refractivity contribution in [2.75, 3.05) is 12.9 Å². The highest BCUT2D eigenvalue weighted by molar-refractivity contribution is 7.99. The van der Waals surface area contributed by atoms with E-state index in [-0.39, 0.29) is 11.9 Å². The van der Waals surface area contributed by atoms with Gasteiger partial charge in [-0.05, 0) is 41.6 Å². The summed E-state index contributed by atoms with van der Waals surface area (Å²) in [7, 11) is 1.56. The van der Waals surface area contributed by atoms with Crippen molar-refractivity contribution in [2.24, 2.45) is 5.84 Å². The van der Waals surface area contributed by atoms with Crippen LogP contribution in [0.4, 0.5) is 4.39 Å². The fourth-order valence-corrected chi connectivity index (χ4v) is 2.88. The summed E-state index contributed by atoms with van der Waals surface area (Å²) in [5.41, 5.74) is 4.37. The number of nitrogens with one attached hydrogen (secondary N) is 1. The Kier molecular flexibility index (Phi) is 5.61. The van der Waals surface area contributed by atoms with E-state index < -0.39 is 0 Å². The molecule has 0 bridgehead atoms. The Morgan fingerprint density at radius 3 is 2.52 bits per heavy atom. The van der Waals surface area contributed by atoms with E-state index in [1.54, 1.807) is 24.9 Å². The third-order valence-electron chi connectivity index (χ3n) is 3.19. The molecule has 3 nitrogen and oxygen atoms in total.